The molecule has 0 aliphatic carbocycles. The third kappa shape index (κ3) is 4.44. The standard InChI is InChI=1S/C46H29N3/c1-3-13-31(14-4-1)41-29-42(32-15-5-2-6-16-32)48-46(47-41)34-17-11-18-35(28-34)49-43-21-10-9-20-38(43)40-27-24-33-23-25-37-36-19-8-7-12-30(36)22-26-39(37)44(33)45(40)49/h1-29H. The molecule has 0 saturated heterocycles. The minimum atomic E-state index is 0.699. The van der Waals surface area contributed by atoms with Gasteiger partial charge in [0.15, 0.2) is 5.82 Å². The third-order valence-corrected chi connectivity index (χ3v) is 9.77. The zero-order valence-electron chi connectivity index (χ0n) is 26.6. The van der Waals surface area contributed by atoms with Crippen molar-refractivity contribution in [3.05, 3.63) is 176 Å². The summed E-state index contributed by atoms with van der Waals surface area (Å²) < 4.78 is 2.43. The van der Waals surface area contributed by atoms with Crippen molar-refractivity contribution in [2.24, 2.45) is 0 Å². The minimum Gasteiger partial charge on any atom is -0.309 e. The lowest BCUT2D eigenvalue weighted by Crippen LogP contribution is -1.98. The van der Waals surface area contributed by atoms with Crippen molar-refractivity contribution < 1.29 is 0 Å². The molecule has 2 heterocycles. The lowest BCUT2D eigenvalue weighted by Gasteiger charge is -2.14. The Morgan fingerprint density at radius 2 is 0.959 bits per heavy atom. The van der Waals surface area contributed by atoms with Gasteiger partial charge in [0, 0.05) is 38.5 Å². The highest BCUT2D eigenvalue weighted by molar-refractivity contribution is 6.28. The van der Waals surface area contributed by atoms with Crippen LogP contribution in [0.3, 0.4) is 0 Å². The van der Waals surface area contributed by atoms with Gasteiger partial charge in [-0.15, -0.1) is 0 Å². The molecule has 10 rings (SSSR count). The van der Waals surface area contributed by atoms with Gasteiger partial charge in [-0.2, -0.15) is 0 Å². The number of rotatable bonds is 4. The first kappa shape index (κ1) is 27.5. The van der Waals surface area contributed by atoms with Gasteiger partial charge in [0.25, 0.3) is 0 Å². The van der Waals surface area contributed by atoms with Crippen LogP contribution in [0.2, 0.25) is 0 Å². The second-order valence-electron chi connectivity index (χ2n) is 12.6. The summed E-state index contributed by atoms with van der Waals surface area (Å²) in [4.78, 5) is 10.3. The van der Waals surface area contributed by atoms with Gasteiger partial charge in [-0.1, -0.05) is 152 Å². The fourth-order valence-electron chi connectivity index (χ4n) is 7.50. The summed E-state index contributed by atoms with van der Waals surface area (Å²) in [6, 6.07) is 62.6. The second kappa shape index (κ2) is 11.0. The van der Waals surface area contributed by atoms with Gasteiger partial charge in [-0.25, -0.2) is 9.97 Å². The number of hydrogen-bond acceptors (Lipinski definition) is 2. The van der Waals surface area contributed by atoms with Gasteiger partial charge in [-0.3, -0.25) is 0 Å². The molecule has 8 aromatic carbocycles. The Balaban J connectivity index is 1.26. The van der Waals surface area contributed by atoms with Crippen LogP contribution in [0, 0.1) is 0 Å². The van der Waals surface area contributed by atoms with Crippen molar-refractivity contribution in [1.29, 1.82) is 0 Å². The van der Waals surface area contributed by atoms with Crippen LogP contribution >= 0.6 is 0 Å². The predicted octanol–water partition coefficient (Wildman–Crippen LogP) is 12.0. The first-order valence-electron chi connectivity index (χ1n) is 16.7. The molecule has 3 nitrogen and oxygen atoms in total. The zero-order chi connectivity index (χ0) is 32.3. The fraction of sp³-hybridized carbons (Fsp3) is 0. The SMILES string of the molecule is c1ccc(-c2cc(-c3ccccc3)nc(-c3cccc(-n4c5ccccc5c5ccc6ccc7c8ccccc8ccc7c6c54)c3)n2)cc1. The van der Waals surface area contributed by atoms with E-state index in [0.717, 1.165) is 33.8 Å². The third-order valence-electron chi connectivity index (χ3n) is 9.77. The van der Waals surface area contributed by atoms with Crippen molar-refractivity contribution in [2.45, 2.75) is 0 Å². The van der Waals surface area contributed by atoms with E-state index in [9.17, 15) is 0 Å². The Morgan fingerprint density at radius 1 is 0.367 bits per heavy atom. The smallest absolute Gasteiger partial charge is 0.160 e. The summed E-state index contributed by atoms with van der Waals surface area (Å²) in [5.74, 6) is 0.699. The van der Waals surface area contributed by atoms with E-state index in [1.54, 1.807) is 0 Å². The van der Waals surface area contributed by atoms with Crippen LogP contribution in [-0.4, -0.2) is 14.5 Å². The molecule has 0 atom stereocenters. The van der Waals surface area contributed by atoms with E-state index >= 15 is 0 Å². The van der Waals surface area contributed by atoms with E-state index in [4.69, 9.17) is 9.97 Å². The van der Waals surface area contributed by atoms with Crippen molar-refractivity contribution in [1.82, 2.24) is 14.5 Å². The Labute approximate surface area is 283 Å². The monoisotopic (exact) mass is 623 g/mol. The lowest BCUT2D eigenvalue weighted by atomic mass is 9.95. The molecule has 0 unspecified atom stereocenters. The van der Waals surface area contributed by atoms with Crippen molar-refractivity contribution in [2.75, 3.05) is 0 Å². The molecule has 0 N–H and O–H groups in total. The predicted molar refractivity (Wildman–Crippen MR) is 205 cm³/mol. The Hall–Kier alpha value is -6.58. The molecule has 49 heavy (non-hydrogen) atoms. The summed E-state index contributed by atoms with van der Waals surface area (Å²) in [6.07, 6.45) is 0. The molecule has 0 aliphatic rings. The van der Waals surface area contributed by atoms with Gasteiger partial charge in [0.05, 0.1) is 22.4 Å². The van der Waals surface area contributed by atoms with Crippen LogP contribution in [0.1, 0.15) is 0 Å². The van der Waals surface area contributed by atoms with Crippen LogP contribution in [-0.2, 0) is 0 Å². The summed E-state index contributed by atoms with van der Waals surface area (Å²) in [5, 5.41) is 10.0. The van der Waals surface area contributed by atoms with Crippen LogP contribution in [0.4, 0.5) is 0 Å². The van der Waals surface area contributed by atoms with Crippen LogP contribution in [0.5, 0.6) is 0 Å². The van der Waals surface area contributed by atoms with Crippen LogP contribution in [0.15, 0.2) is 176 Å². The number of aromatic nitrogens is 3. The minimum absolute atomic E-state index is 0.699. The number of hydrogen-bond donors (Lipinski definition) is 0. The van der Waals surface area contributed by atoms with Crippen molar-refractivity contribution in [3.63, 3.8) is 0 Å². The average Bonchev–Trinajstić information content (AvgIpc) is 3.53. The lowest BCUT2D eigenvalue weighted by molar-refractivity contribution is 1.16. The second-order valence-corrected chi connectivity index (χ2v) is 12.6. The number of para-hydroxylation sites is 1. The largest absolute Gasteiger partial charge is 0.309 e. The first-order chi connectivity index (χ1) is 24.3. The normalized spacial score (nSPS) is 11.7. The molecule has 0 amide bonds. The van der Waals surface area contributed by atoms with E-state index < -0.39 is 0 Å². The Morgan fingerprint density at radius 3 is 1.71 bits per heavy atom. The fourth-order valence-corrected chi connectivity index (χ4v) is 7.50. The molecule has 0 radical (unpaired) electrons. The maximum Gasteiger partial charge on any atom is 0.160 e. The first-order valence-corrected chi connectivity index (χ1v) is 16.7. The van der Waals surface area contributed by atoms with Gasteiger partial charge in [-0.05, 0) is 51.2 Å². The van der Waals surface area contributed by atoms with E-state index in [0.29, 0.717) is 5.82 Å². The summed E-state index contributed by atoms with van der Waals surface area (Å²) >= 11 is 0. The summed E-state index contributed by atoms with van der Waals surface area (Å²) in [5.41, 5.74) is 8.34. The molecule has 0 aliphatic heterocycles. The molecule has 3 heteroatoms. The highest BCUT2D eigenvalue weighted by Crippen LogP contribution is 2.41. The maximum absolute atomic E-state index is 5.15. The molecular formula is C46H29N3. The Kier molecular flexibility index (Phi) is 6.18. The maximum atomic E-state index is 5.15. The number of nitrogens with zero attached hydrogens (tertiary/aromatic N) is 3. The van der Waals surface area contributed by atoms with E-state index in [1.165, 1.54) is 54.1 Å². The summed E-state index contributed by atoms with van der Waals surface area (Å²) in [7, 11) is 0. The van der Waals surface area contributed by atoms with E-state index in [-0.39, 0.29) is 0 Å². The highest BCUT2D eigenvalue weighted by Gasteiger charge is 2.18. The summed E-state index contributed by atoms with van der Waals surface area (Å²) in [6.45, 7) is 0. The van der Waals surface area contributed by atoms with E-state index in [2.05, 4.69) is 168 Å². The van der Waals surface area contributed by atoms with E-state index in [1.807, 2.05) is 12.1 Å². The molecule has 0 fully saturated rings. The topological polar surface area (TPSA) is 30.7 Å². The van der Waals surface area contributed by atoms with Crippen LogP contribution < -0.4 is 0 Å². The van der Waals surface area contributed by atoms with Gasteiger partial charge in [0.2, 0.25) is 0 Å². The average molecular weight is 624 g/mol. The number of fused-ring (bicyclic) bond motifs is 9. The molecule has 0 bridgehead atoms. The van der Waals surface area contributed by atoms with Crippen molar-refractivity contribution in [3.8, 4) is 39.6 Å². The molecule has 2 aromatic heterocycles. The van der Waals surface area contributed by atoms with Gasteiger partial charge < -0.3 is 4.57 Å². The molecule has 0 saturated carbocycles. The van der Waals surface area contributed by atoms with Gasteiger partial charge in [0.1, 0.15) is 0 Å². The number of benzene rings is 8. The zero-order valence-corrected chi connectivity index (χ0v) is 26.6. The molecule has 0 spiro atoms. The molecular weight excluding hydrogens is 595 g/mol. The highest BCUT2D eigenvalue weighted by atomic mass is 15.0. The molecule has 228 valence electrons. The molecule has 10 aromatic rings. The quantitative estimate of drug-likeness (QED) is 0.183. The van der Waals surface area contributed by atoms with Crippen molar-refractivity contribution >= 4 is 54.1 Å². The Bertz CT molecular complexity index is 2810. The van der Waals surface area contributed by atoms with Gasteiger partial charge >= 0.3 is 0 Å². The van der Waals surface area contributed by atoms with Crippen LogP contribution in [0.25, 0.3) is 93.7 Å².